The molecule has 0 radical (unpaired) electrons. The van der Waals surface area contributed by atoms with Gasteiger partial charge in [0.2, 0.25) is 0 Å². The van der Waals surface area contributed by atoms with E-state index in [4.69, 9.17) is 15.1 Å². The smallest absolute Gasteiger partial charge is 0.179 e. The summed E-state index contributed by atoms with van der Waals surface area (Å²) in [6.07, 6.45) is 0. The van der Waals surface area contributed by atoms with E-state index in [0.29, 0.717) is 5.84 Å². The first kappa shape index (κ1) is 22.2. The normalized spacial score (nSPS) is 15.6. The van der Waals surface area contributed by atoms with Crippen LogP contribution in [0.1, 0.15) is 28.4 Å². The third-order valence-corrected chi connectivity index (χ3v) is 7.04. The lowest BCUT2D eigenvalue weighted by Gasteiger charge is -2.40. The zero-order valence-corrected chi connectivity index (χ0v) is 21.2. The van der Waals surface area contributed by atoms with Gasteiger partial charge in [-0.25, -0.2) is 14.7 Å². The van der Waals surface area contributed by atoms with Crippen LogP contribution < -0.4 is 10.2 Å². The van der Waals surface area contributed by atoms with Gasteiger partial charge in [-0.05, 0) is 61.4 Å². The van der Waals surface area contributed by atoms with Crippen molar-refractivity contribution in [3.63, 3.8) is 0 Å². The summed E-state index contributed by atoms with van der Waals surface area (Å²) in [6, 6.07) is 37.2. The van der Waals surface area contributed by atoms with Crippen LogP contribution >= 0.6 is 0 Å². The predicted molar refractivity (Wildman–Crippen MR) is 154 cm³/mol. The Bertz CT molecular complexity index is 1720. The monoisotopic (exact) mass is 494 g/mol. The predicted octanol–water partition coefficient (Wildman–Crippen LogP) is 7.28. The summed E-state index contributed by atoms with van der Waals surface area (Å²) in [5.41, 5.74) is 8.26. The molecule has 1 atom stereocenters. The highest BCUT2D eigenvalue weighted by molar-refractivity contribution is 6.51. The largest absolute Gasteiger partial charge is 0.337 e. The van der Waals surface area contributed by atoms with Gasteiger partial charge in [-0.2, -0.15) is 5.10 Å². The molecule has 0 bridgehead atoms. The molecule has 7 rings (SSSR count). The van der Waals surface area contributed by atoms with E-state index in [1.807, 2.05) is 35.0 Å². The number of hydrogen-bond acceptors (Lipinski definition) is 5. The van der Waals surface area contributed by atoms with Crippen LogP contribution in [0.15, 0.2) is 119 Å². The van der Waals surface area contributed by atoms with Gasteiger partial charge in [-0.3, -0.25) is 0 Å². The fraction of sp³-hybridized carbons (Fsp3) is 0.0938. The van der Waals surface area contributed by atoms with Crippen molar-refractivity contribution >= 4 is 34.6 Å². The fourth-order valence-corrected chi connectivity index (χ4v) is 5.36. The fourth-order valence-electron chi connectivity index (χ4n) is 5.36. The van der Waals surface area contributed by atoms with Gasteiger partial charge >= 0.3 is 0 Å². The Morgan fingerprint density at radius 1 is 0.737 bits per heavy atom. The lowest BCUT2D eigenvalue weighted by Crippen LogP contribution is -2.46. The first-order valence-electron chi connectivity index (χ1n) is 12.8. The molecule has 6 heteroatoms. The molecular formula is C32H26N6. The van der Waals surface area contributed by atoms with E-state index in [-0.39, 0.29) is 6.04 Å². The van der Waals surface area contributed by atoms with E-state index in [2.05, 4.69) is 103 Å². The molecule has 0 amide bonds. The number of para-hydroxylation sites is 3. The van der Waals surface area contributed by atoms with E-state index in [1.54, 1.807) is 0 Å². The number of rotatable bonds is 3. The number of amidine groups is 2. The zero-order chi connectivity index (χ0) is 25.6. The van der Waals surface area contributed by atoms with Crippen molar-refractivity contribution in [3.05, 3.63) is 132 Å². The van der Waals surface area contributed by atoms with Gasteiger partial charge < -0.3 is 10.2 Å². The summed E-state index contributed by atoms with van der Waals surface area (Å²) < 4.78 is 1.95. The highest BCUT2D eigenvalue weighted by Crippen LogP contribution is 2.48. The van der Waals surface area contributed by atoms with Crippen molar-refractivity contribution in [2.24, 2.45) is 9.98 Å². The minimum Gasteiger partial charge on any atom is -0.337 e. The van der Waals surface area contributed by atoms with Crippen LogP contribution in [0.4, 0.5) is 22.9 Å². The van der Waals surface area contributed by atoms with Crippen molar-refractivity contribution in [1.29, 1.82) is 0 Å². The van der Waals surface area contributed by atoms with Gasteiger partial charge in [0.05, 0.1) is 28.8 Å². The Morgan fingerprint density at radius 3 is 2.26 bits per heavy atom. The molecule has 3 heterocycles. The van der Waals surface area contributed by atoms with Crippen molar-refractivity contribution in [3.8, 4) is 5.69 Å². The first-order chi connectivity index (χ1) is 18.7. The van der Waals surface area contributed by atoms with Gasteiger partial charge in [0.1, 0.15) is 0 Å². The SMILES string of the molecule is Cc1cccc(NC2=Nc3ccccc3N3C2=Nc2c(c(C)nn2-c2ccccc2)[C@@H]3c2ccccc2)c1. The number of aryl methyl sites for hydroxylation is 2. The maximum Gasteiger partial charge on any atom is 0.179 e. The standard InChI is InChI=1S/C32H26N6/c1-21-12-11-15-24(20-21)33-30-32-35-31-28(22(2)36-38(31)25-16-7-4-8-17-25)29(23-13-5-3-6-14-23)37(32)27-19-10-9-18-26(27)34-30/h3-20,29H,1-2H3,(H,33,34)/t29-/m0/s1. The van der Waals surface area contributed by atoms with Crippen LogP contribution in [0.5, 0.6) is 0 Å². The second kappa shape index (κ2) is 8.85. The van der Waals surface area contributed by atoms with E-state index >= 15 is 0 Å². The summed E-state index contributed by atoms with van der Waals surface area (Å²) in [7, 11) is 0. The number of nitrogens with one attached hydrogen (secondary N) is 1. The number of fused-ring (bicyclic) bond motifs is 4. The lowest BCUT2D eigenvalue weighted by molar-refractivity contribution is 0.815. The molecule has 2 aliphatic heterocycles. The van der Waals surface area contributed by atoms with Gasteiger partial charge in [0, 0.05) is 11.3 Å². The molecule has 38 heavy (non-hydrogen) atoms. The molecule has 1 N–H and O–H groups in total. The molecule has 5 aromatic rings. The molecule has 0 saturated heterocycles. The average Bonchev–Trinajstić information content (AvgIpc) is 3.29. The minimum atomic E-state index is -0.123. The van der Waals surface area contributed by atoms with E-state index in [1.165, 1.54) is 11.1 Å². The van der Waals surface area contributed by atoms with E-state index < -0.39 is 0 Å². The summed E-state index contributed by atoms with van der Waals surface area (Å²) in [5, 5.41) is 8.57. The van der Waals surface area contributed by atoms with Gasteiger partial charge in [0.25, 0.3) is 0 Å². The highest BCUT2D eigenvalue weighted by atomic mass is 15.4. The third-order valence-electron chi connectivity index (χ3n) is 7.04. The molecular weight excluding hydrogens is 468 g/mol. The number of aliphatic imine (C=N–C) groups is 2. The second-order valence-electron chi connectivity index (χ2n) is 9.63. The molecule has 6 nitrogen and oxygen atoms in total. The maximum atomic E-state index is 5.29. The topological polar surface area (TPSA) is 57.8 Å². The number of aromatic nitrogens is 2. The van der Waals surface area contributed by atoms with Crippen LogP contribution in [0.3, 0.4) is 0 Å². The first-order valence-corrected chi connectivity index (χ1v) is 12.8. The highest BCUT2D eigenvalue weighted by Gasteiger charge is 2.41. The Morgan fingerprint density at radius 2 is 1.47 bits per heavy atom. The van der Waals surface area contributed by atoms with E-state index in [9.17, 15) is 0 Å². The number of hydrogen-bond donors (Lipinski definition) is 1. The van der Waals surface area contributed by atoms with Crippen LogP contribution in [-0.4, -0.2) is 21.5 Å². The quantitative estimate of drug-likeness (QED) is 0.287. The number of nitrogens with zero attached hydrogens (tertiary/aromatic N) is 5. The minimum absolute atomic E-state index is 0.123. The Balaban J connectivity index is 1.50. The van der Waals surface area contributed by atoms with Crippen molar-refractivity contribution < 1.29 is 0 Å². The molecule has 0 spiro atoms. The summed E-state index contributed by atoms with van der Waals surface area (Å²) >= 11 is 0. The van der Waals surface area contributed by atoms with Gasteiger partial charge in [-0.1, -0.05) is 72.8 Å². The number of anilines is 2. The summed E-state index contributed by atoms with van der Waals surface area (Å²) in [6.45, 7) is 4.16. The Hall–Kier alpha value is -4.97. The zero-order valence-electron chi connectivity index (χ0n) is 21.2. The van der Waals surface area contributed by atoms with Crippen LogP contribution in [0.2, 0.25) is 0 Å². The Labute approximate surface area is 221 Å². The number of benzene rings is 4. The molecule has 2 aliphatic rings. The summed E-state index contributed by atoms with van der Waals surface area (Å²) in [5.74, 6) is 2.30. The van der Waals surface area contributed by atoms with Crippen LogP contribution in [0.25, 0.3) is 5.69 Å². The molecule has 184 valence electrons. The second-order valence-corrected chi connectivity index (χ2v) is 9.63. The molecule has 0 fully saturated rings. The van der Waals surface area contributed by atoms with Gasteiger partial charge in [-0.15, -0.1) is 0 Å². The van der Waals surface area contributed by atoms with Crippen molar-refractivity contribution in [2.45, 2.75) is 19.9 Å². The average molecular weight is 495 g/mol. The molecule has 1 aromatic heterocycles. The maximum absolute atomic E-state index is 5.29. The molecule has 0 saturated carbocycles. The third kappa shape index (κ3) is 3.61. The van der Waals surface area contributed by atoms with Crippen LogP contribution in [0, 0.1) is 13.8 Å². The Kier molecular flexibility index (Phi) is 5.18. The molecule has 0 aliphatic carbocycles. The molecule has 0 unspecified atom stereocenters. The van der Waals surface area contributed by atoms with Crippen molar-refractivity contribution in [2.75, 3.05) is 10.2 Å². The van der Waals surface area contributed by atoms with Gasteiger partial charge in [0.15, 0.2) is 17.5 Å². The lowest BCUT2D eigenvalue weighted by atomic mass is 9.93. The van der Waals surface area contributed by atoms with Crippen molar-refractivity contribution in [1.82, 2.24) is 9.78 Å². The molecule has 4 aromatic carbocycles. The van der Waals surface area contributed by atoms with E-state index in [0.717, 1.165) is 45.7 Å². The summed E-state index contributed by atoms with van der Waals surface area (Å²) in [4.78, 5) is 12.7. The van der Waals surface area contributed by atoms with Crippen LogP contribution in [-0.2, 0) is 0 Å².